The number of hydrazine groups is 1. The molecule has 2 heterocycles. The molecular weight excluding hydrogens is 322 g/mol. The Labute approximate surface area is 147 Å². The van der Waals surface area contributed by atoms with E-state index in [9.17, 15) is 14.7 Å². The first-order chi connectivity index (χ1) is 12.0. The number of aliphatic hydroxyl groups excluding tert-OH is 1. The second-order valence-electron chi connectivity index (χ2n) is 6.75. The molecule has 7 nitrogen and oxygen atoms in total. The zero-order valence-electron chi connectivity index (χ0n) is 14.4. The third-order valence-corrected chi connectivity index (χ3v) is 4.68. The van der Waals surface area contributed by atoms with Crippen molar-refractivity contribution >= 4 is 11.7 Å². The minimum absolute atomic E-state index is 0.000452. The van der Waals surface area contributed by atoms with E-state index in [2.05, 4.69) is 10.9 Å². The first kappa shape index (κ1) is 17.8. The van der Waals surface area contributed by atoms with Gasteiger partial charge in [0.1, 0.15) is 18.4 Å². The van der Waals surface area contributed by atoms with Gasteiger partial charge in [0.25, 0.3) is 0 Å². The van der Waals surface area contributed by atoms with E-state index in [1.54, 1.807) is 23.1 Å². The molecule has 2 saturated heterocycles. The molecule has 25 heavy (non-hydrogen) atoms. The number of Topliss-reactive ketones (excluding diaryl/α,β-unsaturated/α-hetero) is 1. The van der Waals surface area contributed by atoms with Crippen molar-refractivity contribution in [2.75, 3.05) is 19.7 Å². The predicted molar refractivity (Wildman–Crippen MR) is 92.2 cm³/mol. The molecule has 0 saturated carbocycles. The first-order valence-electron chi connectivity index (χ1n) is 8.74. The van der Waals surface area contributed by atoms with Crippen LogP contribution >= 0.6 is 0 Å². The molecule has 136 valence electrons. The largest absolute Gasteiger partial charge is 0.492 e. The van der Waals surface area contributed by atoms with E-state index < -0.39 is 6.10 Å². The van der Waals surface area contributed by atoms with Crippen molar-refractivity contribution in [2.45, 2.75) is 44.4 Å². The average molecular weight is 347 g/mol. The van der Waals surface area contributed by atoms with E-state index in [1.165, 1.54) is 6.92 Å². The highest BCUT2D eigenvalue weighted by Crippen LogP contribution is 2.17. The molecular formula is C18H25N3O4. The second kappa shape index (κ2) is 7.95. The number of ketones is 1. The van der Waals surface area contributed by atoms with Crippen molar-refractivity contribution in [3.63, 3.8) is 0 Å². The van der Waals surface area contributed by atoms with E-state index >= 15 is 0 Å². The van der Waals surface area contributed by atoms with Crippen LogP contribution in [0.4, 0.5) is 0 Å². The summed E-state index contributed by atoms with van der Waals surface area (Å²) in [7, 11) is 0. The smallest absolute Gasteiger partial charge is 0.241 e. The molecule has 2 fully saturated rings. The summed E-state index contributed by atoms with van der Waals surface area (Å²) in [6, 6.07) is 6.79. The van der Waals surface area contributed by atoms with Crippen LogP contribution in [-0.4, -0.2) is 59.6 Å². The number of piperidine rings is 1. The Morgan fingerprint density at radius 3 is 2.96 bits per heavy atom. The van der Waals surface area contributed by atoms with Gasteiger partial charge in [0.15, 0.2) is 5.78 Å². The number of nitrogens with zero attached hydrogens (tertiary/aromatic N) is 1. The number of hydrogen-bond acceptors (Lipinski definition) is 6. The van der Waals surface area contributed by atoms with Crippen LogP contribution in [0.3, 0.4) is 0 Å². The Morgan fingerprint density at radius 1 is 1.36 bits per heavy atom. The van der Waals surface area contributed by atoms with Gasteiger partial charge < -0.3 is 14.7 Å². The highest BCUT2D eigenvalue weighted by Gasteiger charge is 2.34. The van der Waals surface area contributed by atoms with Crippen molar-refractivity contribution < 1.29 is 19.4 Å². The van der Waals surface area contributed by atoms with Crippen LogP contribution < -0.4 is 15.6 Å². The zero-order chi connectivity index (χ0) is 17.8. The summed E-state index contributed by atoms with van der Waals surface area (Å²) in [6.45, 7) is 3.04. The van der Waals surface area contributed by atoms with E-state index in [1.807, 2.05) is 6.07 Å². The molecule has 7 heteroatoms. The standard InChI is InChI=1S/C18H25N3O4/c1-12(22)13-4-2-6-16(8-13)25-11-14-9-17(20-19-14)18(24)21-7-3-5-15(23)10-21/h2,4,6,8,14-15,17,19-20,23H,3,5,7,9-11H2,1H3. The van der Waals surface area contributed by atoms with Gasteiger partial charge in [0, 0.05) is 18.7 Å². The normalized spacial score (nSPS) is 26.5. The molecule has 0 aromatic heterocycles. The molecule has 0 radical (unpaired) electrons. The number of rotatable bonds is 5. The topological polar surface area (TPSA) is 90.9 Å². The molecule has 0 aliphatic carbocycles. The molecule has 1 aromatic carbocycles. The fourth-order valence-electron chi connectivity index (χ4n) is 3.27. The molecule has 0 spiro atoms. The Hall–Kier alpha value is -1.96. The zero-order valence-corrected chi connectivity index (χ0v) is 14.4. The highest BCUT2D eigenvalue weighted by atomic mass is 16.5. The first-order valence-corrected chi connectivity index (χ1v) is 8.74. The Kier molecular flexibility index (Phi) is 5.67. The molecule has 2 aliphatic heterocycles. The Bertz CT molecular complexity index is 637. The lowest BCUT2D eigenvalue weighted by atomic mass is 10.1. The Balaban J connectivity index is 1.49. The molecule has 3 atom stereocenters. The van der Waals surface area contributed by atoms with Crippen molar-refractivity contribution in [2.24, 2.45) is 0 Å². The summed E-state index contributed by atoms with van der Waals surface area (Å²) in [4.78, 5) is 25.7. The molecule has 2 aliphatic rings. The number of β-amino-alcohol motifs (C(OH)–C–C–N with tert-alkyl or cyclic N) is 1. The number of nitrogens with one attached hydrogen (secondary N) is 2. The monoisotopic (exact) mass is 347 g/mol. The fourth-order valence-corrected chi connectivity index (χ4v) is 3.27. The number of likely N-dealkylation sites (tertiary alicyclic amines) is 1. The SMILES string of the molecule is CC(=O)c1cccc(OCC2CC(C(=O)N3CCCC(O)C3)NN2)c1. The van der Waals surface area contributed by atoms with Gasteiger partial charge in [-0.2, -0.15) is 0 Å². The van der Waals surface area contributed by atoms with E-state index in [0.29, 0.717) is 37.4 Å². The van der Waals surface area contributed by atoms with Crippen LogP contribution in [0, 0.1) is 0 Å². The van der Waals surface area contributed by atoms with E-state index in [4.69, 9.17) is 4.74 Å². The maximum Gasteiger partial charge on any atom is 0.241 e. The Morgan fingerprint density at radius 2 is 2.20 bits per heavy atom. The average Bonchev–Trinajstić information content (AvgIpc) is 3.08. The van der Waals surface area contributed by atoms with E-state index in [-0.39, 0.29) is 23.8 Å². The minimum atomic E-state index is -0.417. The van der Waals surface area contributed by atoms with Crippen molar-refractivity contribution in [3.05, 3.63) is 29.8 Å². The summed E-state index contributed by atoms with van der Waals surface area (Å²) in [5.41, 5.74) is 6.74. The van der Waals surface area contributed by atoms with E-state index in [0.717, 1.165) is 12.8 Å². The van der Waals surface area contributed by atoms with Crippen LogP contribution in [-0.2, 0) is 4.79 Å². The molecule has 3 N–H and O–H groups in total. The molecule has 3 rings (SSSR count). The van der Waals surface area contributed by atoms with Crippen molar-refractivity contribution in [1.29, 1.82) is 0 Å². The number of aliphatic hydroxyl groups is 1. The maximum absolute atomic E-state index is 12.5. The number of ether oxygens (including phenoxy) is 1. The lowest BCUT2D eigenvalue weighted by molar-refractivity contribution is -0.136. The summed E-state index contributed by atoms with van der Waals surface area (Å²) in [5.74, 6) is 0.663. The fraction of sp³-hybridized carbons (Fsp3) is 0.556. The van der Waals surface area contributed by atoms with Gasteiger partial charge in [-0.1, -0.05) is 12.1 Å². The highest BCUT2D eigenvalue weighted by molar-refractivity contribution is 5.94. The van der Waals surface area contributed by atoms with Gasteiger partial charge in [-0.25, -0.2) is 5.43 Å². The van der Waals surface area contributed by atoms with Crippen LogP contribution in [0.25, 0.3) is 0 Å². The number of benzene rings is 1. The number of carbonyl (C=O) groups is 2. The lowest BCUT2D eigenvalue weighted by Crippen LogP contribution is -2.50. The van der Waals surface area contributed by atoms with Gasteiger partial charge in [-0.05, 0) is 38.3 Å². The number of carbonyl (C=O) groups excluding carboxylic acids is 2. The third kappa shape index (κ3) is 4.56. The predicted octanol–water partition coefficient (Wildman–Crippen LogP) is 0.486. The van der Waals surface area contributed by atoms with Crippen LogP contribution in [0.5, 0.6) is 5.75 Å². The quantitative estimate of drug-likeness (QED) is 0.672. The van der Waals surface area contributed by atoms with Gasteiger partial charge in [-0.3, -0.25) is 15.0 Å². The van der Waals surface area contributed by atoms with Gasteiger partial charge in [-0.15, -0.1) is 0 Å². The van der Waals surface area contributed by atoms with Crippen molar-refractivity contribution in [3.8, 4) is 5.75 Å². The third-order valence-electron chi connectivity index (χ3n) is 4.68. The minimum Gasteiger partial charge on any atom is -0.492 e. The summed E-state index contributed by atoms with van der Waals surface area (Å²) < 4.78 is 5.75. The maximum atomic E-state index is 12.5. The summed E-state index contributed by atoms with van der Waals surface area (Å²) in [6.07, 6.45) is 1.81. The van der Waals surface area contributed by atoms with Crippen LogP contribution in [0.1, 0.15) is 36.5 Å². The number of amides is 1. The van der Waals surface area contributed by atoms with Crippen LogP contribution in [0.2, 0.25) is 0 Å². The molecule has 1 amide bonds. The number of hydrogen-bond donors (Lipinski definition) is 3. The van der Waals surface area contributed by atoms with Gasteiger partial charge in [0.2, 0.25) is 5.91 Å². The van der Waals surface area contributed by atoms with Gasteiger partial charge in [0.05, 0.1) is 12.1 Å². The summed E-state index contributed by atoms with van der Waals surface area (Å²) >= 11 is 0. The van der Waals surface area contributed by atoms with Crippen LogP contribution in [0.15, 0.2) is 24.3 Å². The molecule has 3 unspecified atom stereocenters. The second-order valence-corrected chi connectivity index (χ2v) is 6.75. The molecule has 0 bridgehead atoms. The molecule has 1 aromatic rings. The van der Waals surface area contributed by atoms with Gasteiger partial charge >= 0.3 is 0 Å². The lowest BCUT2D eigenvalue weighted by Gasteiger charge is -2.31. The summed E-state index contributed by atoms with van der Waals surface area (Å²) in [5, 5.41) is 9.72. The van der Waals surface area contributed by atoms with Crippen molar-refractivity contribution in [1.82, 2.24) is 15.8 Å².